The van der Waals surface area contributed by atoms with Gasteiger partial charge in [-0.05, 0) is 30.4 Å². The molecule has 1 N–H and O–H groups in total. The molecule has 25 heavy (non-hydrogen) atoms. The predicted octanol–water partition coefficient (Wildman–Crippen LogP) is 3.74. The molecule has 0 radical (unpaired) electrons. The van der Waals surface area contributed by atoms with Gasteiger partial charge in [0, 0.05) is 12.2 Å². The van der Waals surface area contributed by atoms with Gasteiger partial charge in [0.05, 0.1) is 11.4 Å². The van der Waals surface area contributed by atoms with Gasteiger partial charge >= 0.3 is 0 Å². The first kappa shape index (κ1) is 17.8. The molecule has 0 fully saturated rings. The van der Waals surface area contributed by atoms with Crippen molar-refractivity contribution < 1.29 is 8.42 Å². The Morgan fingerprint density at radius 2 is 1.96 bits per heavy atom. The molecule has 0 bridgehead atoms. The van der Waals surface area contributed by atoms with E-state index >= 15 is 0 Å². The van der Waals surface area contributed by atoms with Gasteiger partial charge in [0.2, 0.25) is 10.0 Å². The summed E-state index contributed by atoms with van der Waals surface area (Å²) in [5.41, 5.74) is 1.57. The van der Waals surface area contributed by atoms with Crippen LogP contribution in [0.15, 0.2) is 58.9 Å². The molecule has 0 saturated heterocycles. The molecule has 1 aromatic carbocycles. The third-order valence-electron chi connectivity index (χ3n) is 3.93. The SMILES string of the molecule is CCC(C)NS(=O)(=O)c1cn(Cc2ccccc2)nc1-c1cccs1. The second kappa shape index (κ2) is 7.51. The number of hydrogen-bond donors (Lipinski definition) is 1. The van der Waals surface area contributed by atoms with Gasteiger partial charge < -0.3 is 0 Å². The van der Waals surface area contributed by atoms with Crippen LogP contribution < -0.4 is 4.72 Å². The summed E-state index contributed by atoms with van der Waals surface area (Å²) in [6.45, 7) is 4.33. The Kier molecular flexibility index (Phi) is 5.36. The molecule has 1 atom stereocenters. The van der Waals surface area contributed by atoms with Crippen molar-refractivity contribution >= 4 is 21.4 Å². The summed E-state index contributed by atoms with van der Waals surface area (Å²) in [4.78, 5) is 1.07. The molecule has 7 heteroatoms. The summed E-state index contributed by atoms with van der Waals surface area (Å²) in [7, 11) is -3.63. The standard InChI is InChI=1S/C18H21N3O2S2/c1-3-14(2)20-25(22,23)17-13-21(12-15-8-5-4-6-9-15)19-18(17)16-10-7-11-24-16/h4-11,13-14,20H,3,12H2,1-2H3. The molecule has 0 aliphatic heterocycles. The number of nitrogens with zero attached hydrogens (tertiary/aromatic N) is 2. The topological polar surface area (TPSA) is 64.0 Å². The van der Waals surface area contributed by atoms with E-state index < -0.39 is 10.0 Å². The monoisotopic (exact) mass is 375 g/mol. The number of rotatable bonds is 7. The Balaban J connectivity index is 2.01. The maximum atomic E-state index is 12.8. The Morgan fingerprint density at radius 1 is 1.20 bits per heavy atom. The van der Waals surface area contributed by atoms with Gasteiger partial charge in [0.1, 0.15) is 10.6 Å². The summed E-state index contributed by atoms with van der Waals surface area (Å²) in [6.07, 6.45) is 2.35. The van der Waals surface area contributed by atoms with E-state index in [2.05, 4.69) is 9.82 Å². The molecule has 2 heterocycles. The van der Waals surface area contributed by atoms with Crippen molar-refractivity contribution in [2.24, 2.45) is 0 Å². The van der Waals surface area contributed by atoms with Crippen molar-refractivity contribution in [2.75, 3.05) is 0 Å². The predicted molar refractivity (Wildman–Crippen MR) is 101 cm³/mol. The second-order valence-corrected chi connectivity index (χ2v) is 8.56. The molecule has 132 valence electrons. The number of nitrogens with one attached hydrogen (secondary N) is 1. The lowest BCUT2D eigenvalue weighted by Gasteiger charge is -2.11. The molecule has 0 saturated carbocycles. The fraction of sp³-hybridized carbons (Fsp3) is 0.278. The van der Waals surface area contributed by atoms with Crippen LogP contribution in [0.4, 0.5) is 0 Å². The zero-order chi connectivity index (χ0) is 17.9. The van der Waals surface area contributed by atoms with Gasteiger partial charge in [0.25, 0.3) is 0 Å². The average molecular weight is 376 g/mol. The Hall–Kier alpha value is -1.96. The Morgan fingerprint density at radius 3 is 2.60 bits per heavy atom. The van der Waals surface area contributed by atoms with Crippen LogP contribution in [-0.4, -0.2) is 24.2 Å². The van der Waals surface area contributed by atoms with E-state index in [0.29, 0.717) is 12.2 Å². The normalized spacial score (nSPS) is 13.0. The number of thiophene rings is 1. The third-order valence-corrected chi connectivity index (χ3v) is 6.40. The van der Waals surface area contributed by atoms with Crippen molar-refractivity contribution in [3.05, 3.63) is 59.6 Å². The van der Waals surface area contributed by atoms with Gasteiger partial charge in [0.15, 0.2) is 0 Å². The highest BCUT2D eigenvalue weighted by Gasteiger charge is 2.25. The van der Waals surface area contributed by atoms with E-state index in [4.69, 9.17) is 0 Å². The first-order valence-corrected chi connectivity index (χ1v) is 10.5. The van der Waals surface area contributed by atoms with E-state index in [0.717, 1.165) is 16.9 Å². The van der Waals surface area contributed by atoms with E-state index in [1.165, 1.54) is 11.3 Å². The van der Waals surface area contributed by atoms with Crippen molar-refractivity contribution in [3.63, 3.8) is 0 Å². The quantitative estimate of drug-likeness (QED) is 0.684. The molecule has 3 aromatic rings. The van der Waals surface area contributed by atoms with Crippen LogP contribution in [-0.2, 0) is 16.6 Å². The van der Waals surface area contributed by atoms with E-state index in [1.54, 1.807) is 10.9 Å². The molecule has 1 unspecified atom stereocenters. The fourth-order valence-electron chi connectivity index (χ4n) is 2.45. The van der Waals surface area contributed by atoms with Crippen molar-refractivity contribution in [2.45, 2.75) is 37.8 Å². The summed E-state index contributed by atoms with van der Waals surface area (Å²) < 4.78 is 30.1. The minimum Gasteiger partial charge on any atom is -0.266 e. The summed E-state index contributed by atoms with van der Waals surface area (Å²) in [5, 5.41) is 6.48. The third kappa shape index (κ3) is 4.18. The van der Waals surface area contributed by atoms with Crippen molar-refractivity contribution in [1.29, 1.82) is 0 Å². The molecule has 0 amide bonds. The molecule has 0 spiro atoms. The van der Waals surface area contributed by atoms with Crippen molar-refractivity contribution in [1.82, 2.24) is 14.5 Å². The first-order valence-electron chi connectivity index (χ1n) is 8.17. The van der Waals surface area contributed by atoms with Crippen LogP contribution in [0.2, 0.25) is 0 Å². The van der Waals surface area contributed by atoms with Crippen LogP contribution in [0, 0.1) is 0 Å². The largest absolute Gasteiger partial charge is 0.266 e. The average Bonchev–Trinajstić information content (AvgIpc) is 3.24. The lowest BCUT2D eigenvalue weighted by molar-refractivity contribution is 0.556. The maximum Gasteiger partial charge on any atom is 0.244 e. The van der Waals surface area contributed by atoms with Gasteiger partial charge in [-0.1, -0.05) is 43.3 Å². The zero-order valence-electron chi connectivity index (χ0n) is 14.2. The summed E-state index contributed by atoms with van der Waals surface area (Å²) in [5.74, 6) is 0. The minimum absolute atomic E-state index is 0.126. The van der Waals surface area contributed by atoms with E-state index in [1.807, 2.05) is 61.7 Å². The lowest BCUT2D eigenvalue weighted by atomic mass is 10.2. The van der Waals surface area contributed by atoms with Gasteiger partial charge in [-0.3, -0.25) is 4.68 Å². The summed E-state index contributed by atoms with van der Waals surface area (Å²) >= 11 is 1.48. The highest BCUT2D eigenvalue weighted by molar-refractivity contribution is 7.89. The Bertz CT molecular complexity index is 917. The first-order chi connectivity index (χ1) is 12.0. The molecule has 2 aromatic heterocycles. The number of sulfonamides is 1. The molecule has 0 aliphatic carbocycles. The zero-order valence-corrected chi connectivity index (χ0v) is 15.8. The number of hydrogen-bond acceptors (Lipinski definition) is 4. The van der Waals surface area contributed by atoms with Crippen LogP contribution in [0.25, 0.3) is 10.6 Å². The molecule has 0 aliphatic rings. The van der Waals surface area contributed by atoms with Crippen molar-refractivity contribution in [3.8, 4) is 10.6 Å². The van der Waals surface area contributed by atoms with E-state index in [9.17, 15) is 8.42 Å². The minimum atomic E-state index is -3.63. The van der Waals surface area contributed by atoms with Gasteiger partial charge in [-0.25, -0.2) is 13.1 Å². The second-order valence-electron chi connectivity index (χ2n) is 5.93. The molecule has 5 nitrogen and oxygen atoms in total. The maximum absolute atomic E-state index is 12.8. The number of aromatic nitrogens is 2. The Labute approximate surface area is 152 Å². The van der Waals surface area contributed by atoms with Crippen LogP contribution >= 0.6 is 11.3 Å². The van der Waals surface area contributed by atoms with E-state index in [-0.39, 0.29) is 10.9 Å². The molecule has 3 rings (SSSR count). The van der Waals surface area contributed by atoms with Gasteiger partial charge in [-0.2, -0.15) is 5.10 Å². The highest BCUT2D eigenvalue weighted by atomic mass is 32.2. The number of benzene rings is 1. The van der Waals surface area contributed by atoms with Crippen LogP contribution in [0.3, 0.4) is 0 Å². The highest BCUT2D eigenvalue weighted by Crippen LogP contribution is 2.30. The summed E-state index contributed by atoms with van der Waals surface area (Å²) in [6, 6.07) is 13.5. The van der Waals surface area contributed by atoms with Gasteiger partial charge in [-0.15, -0.1) is 11.3 Å². The van der Waals surface area contributed by atoms with Crippen LogP contribution in [0.5, 0.6) is 0 Å². The van der Waals surface area contributed by atoms with Crippen LogP contribution in [0.1, 0.15) is 25.8 Å². The molecular formula is C18H21N3O2S2. The lowest BCUT2D eigenvalue weighted by Crippen LogP contribution is -2.32. The smallest absolute Gasteiger partial charge is 0.244 e. The fourth-order valence-corrected chi connectivity index (χ4v) is 4.72. The molecular weight excluding hydrogens is 354 g/mol.